The second-order valence-corrected chi connectivity index (χ2v) is 7.65. The van der Waals surface area contributed by atoms with Crippen molar-refractivity contribution in [2.75, 3.05) is 6.54 Å². The van der Waals surface area contributed by atoms with Crippen molar-refractivity contribution in [1.82, 2.24) is 9.47 Å². The summed E-state index contributed by atoms with van der Waals surface area (Å²) in [5, 5.41) is 1.50. The molecule has 6 rings (SSSR count). The monoisotopic (exact) mass is 314 g/mol. The molecule has 2 heteroatoms. The van der Waals surface area contributed by atoms with Crippen LogP contribution in [-0.2, 0) is 25.8 Å². The van der Waals surface area contributed by atoms with Crippen LogP contribution in [0.2, 0.25) is 0 Å². The number of aryl methyl sites for hydroxylation is 2. The summed E-state index contributed by atoms with van der Waals surface area (Å²) in [6, 6.07) is 16.9. The van der Waals surface area contributed by atoms with Gasteiger partial charge in [-0.3, -0.25) is 4.90 Å². The molecule has 0 saturated heterocycles. The van der Waals surface area contributed by atoms with Gasteiger partial charge in [0.05, 0.1) is 5.52 Å². The number of hydrogen-bond donors (Lipinski definition) is 0. The Morgan fingerprint density at radius 2 is 1.67 bits per heavy atom. The van der Waals surface area contributed by atoms with E-state index in [1.54, 1.807) is 11.3 Å². The maximum Gasteiger partial charge on any atom is 0.0567 e. The fourth-order valence-electron chi connectivity index (χ4n) is 4.92. The number of para-hydroxylation sites is 2. The van der Waals surface area contributed by atoms with Crippen molar-refractivity contribution < 1.29 is 0 Å². The Balaban J connectivity index is 1.67. The Morgan fingerprint density at radius 3 is 2.58 bits per heavy atom. The first-order valence-corrected chi connectivity index (χ1v) is 9.36. The molecule has 0 amide bonds. The molecule has 1 aliphatic carbocycles. The maximum atomic E-state index is 2.72. The molecular formula is C22H22N2. The molecule has 24 heavy (non-hydrogen) atoms. The highest BCUT2D eigenvalue weighted by atomic mass is 15.2. The average Bonchev–Trinajstić information content (AvgIpc) is 3.43. The third-order valence-electron chi connectivity index (χ3n) is 6.24. The van der Waals surface area contributed by atoms with Crippen molar-refractivity contribution in [3.8, 4) is 5.69 Å². The summed E-state index contributed by atoms with van der Waals surface area (Å²) < 4.78 is 2.62. The van der Waals surface area contributed by atoms with Crippen LogP contribution in [0.3, 0.4) is 0 Å². The molecule has 120 valence electrons. The molecule has 2 aromatic carbocycles. The summed E-state index contributed by atoms with van der Waals surface area (Å²) in [6.45, 7) is 2.38. The Morgan fingerprint density at radius 1 is 0.833 bits per heavy atom. The van der Waals surface area contributed by atoms with Gasteiger partial charge in [-0.1, -0.05) is 36.4 Å². The van der Waals surface area contributed by atoms with Gasteiger partial charge < -0.3 is 4.57 Å². The van der Waals surface area contributed by atoms with Gasteiger partial charge in [0.25, 0.3) is 0 Å². The van der Waals surface area contributed by atoms with E-state index in [1.807, 2.05) is 0 Å². The molecule has 2 aliphatic heterocycles. The molecule has 1 aromatic heterocycles. The SMILES string of the molecule is c1ccc2c(c1)CCc1cccc3c4c(n-2c13)CCN(C1CC1)C4. The van der Waals surface area contributed by atoms with E-state index < -0.39 is 0 Å². The zero-order chi connectivity index (χ0) is 15.7. The molecular weight excluding hydrogens is 292 g/mol. The lowest BCUT2D eigenvalue weighted by Gasteiger charge is -2.28. The van der Waals surface area contributed by atoms with E-state index in [0.29, 0.717) is 0 Å². The van der Waals surface area contributed by atoms with Crippen LogP contribution in [0.15, 0.2) is 42.5 Å². The molecule has 3 heterocycles. The Bertz CT molecular complexity index is 962. The van der Waals surface area contributed by atoms with Crippen LogP contribution >= 0.6 is 0 Å². The molecule has 0 N–H and O–H groups in total. The molecule has 0 atom stereocenters. The standard InChI is InChI=1S/C22H22N2/c1-2-7-20-15(4-1)8-9-16-5-3-6-18-19-14-23(17-10-11-17)13-12-21(19)24(20)22(16)18/h1-7,17H,8-14H2. The molecule has 3 aromatic rings. The van der Waals surface area contributed by atoms with Crippen LogP contribution in [0.25, 0.3) is 16.6 Å². The third-order valence-corrected chi connectivity index (χ3v) is 6.24. The molecule has 0 spiro atoms. The topological polar surface area (TPSA) is 8.17 Å². The lowest BCUT2D eigenvalue weighted by Crippen LogP contribution is -2.32. The normalized spacial score (nSPS) is 19.8. The van der Waals surface area contributed by atoms with E-state index in [-0.39, 0.29) is 0 Å². The van der Waals surface area contributed by atoms with E-state index in [2.05, 4.69) is 51.9 Å². The van der Waals surface area contributed by atoms with Gasteiger partial charge in [-0.15, -0.1) is 0 Å². The van der Waals surface area contributed by atoms with Crippen LogP contribution in [0.4, 0.5) is 0 Å². The molecule has 3 aliphatic rings. The molecule has 0 bridgehead atoms. The summed E-state index contributed by atoms with van der Waals surface area (Å²) in [7, 11) is 0. The molecule has 0 radical (unpaired) electrons. The van der Waals surface area contributed by atoms with Gasteiger partial charge in [0.2, 0.25) is 0 Å². The van der Waals surface area contributed by atoms with Crippen molar-refractivity contribution in [2.45, 2.75) is 44.7 Å². The van der Waals surface area contributed by atoms with Crippen molar-refractivity contribution in [3.63, 3.8) is 0 Å². The fraction of sp³-hybridized carbons (Fsp3) is 0.364. The summed E-state index contributed by atoms with van der Waals surface area (Å²) in [4.78, 5) is 2.72. The second kappa shape index (κ2) is 4.73. The van der Waals surface area contributed by atoms with E-state index >= 15 is 0 Å². The van der Waals surface area contributed by atoms with E-state index in [1.165, 1.54) is 53.5 Å². The van der Waals surface area contributed by atoms with Crippen molar-refractivity contribution in [2.24, 2.45) is 0 Å². The zero-order valence-electron chi connectivity index (χ0n) is 14.0. The number of fused-ring (bicyclic) bond motifs is 5. The summed E-state index contributed by atoms with van der Waals surface area (Å²) in [6.07, 6.45) is 6.31. The minimum Gasteiger partial charge on any atom is -0.313 e. The highest BCUT2D eigenvalue weighted by Gasteiger charge is 2.34. The first kappa shape index (κ1) is 13.3. The van der Waals surface area contributed by atoms with Crippen molar-refractivity contribution in [1.29, 1.82) is 0 Å². The van der Waals surface area contributed by atoms with Gasteiger partial charge in [-0.2, -0.15) is 0 Å². The van der Waals surface area contributed by atoms with E-state index in [4.69, 9.17) is 0 Å². The molecule has 1 saturated carbocycles. The van der Waals surface area contributed by atoms with Crippen LogP contribution in [0, 0.1) is 0 Å². The third kappa shape index (κ3) is 1.75. The summed E-state index contributed by atoms with van der Waals surface area (Å²) >= 11 is 0. The van der Waals surface area contributed by atoms with Crippen molar-refractivity contribution >= 4 is 10.9 Å². The Hall–Kier alpha value is -2.06. The second-order valence-electron chi connectivity index (χ2n) is 7.65. The minimum absolute atomic E-state index is 0.861. The maximum absolute atomic E-state index is 2.72. The minimum atomic E-state index is 0.861. The zero-order valence-corrected chi connectivity index (χ0v) is 14.0. The van der Waals surface area contributed by atoms with Gasteiger partial charge in [0, 0.05) is 42.3 Å². The first-order chi connectivity index (χ1) is 11.9. The number of nitrogens with zero attached hydrogens (tertiary/aromatic N) is 2. The highest BCUT2D eigenvalue weighted by molar-refractivity contribution is 5.91. The van der Waals surface area contributed by atoms with Gasteiger partial charge in [-0.25, -0.2) is 0 Å². The van der Waals surface area contributed by atoms with E-state index in [9.17, 15) is 0 Å². The van der Waals surface area contributed by atoms with Crippen molar-refractivity contribution in [3.05, 3.63) is 64.8 Å². The predicted molar refractivity (Wildman–Crippen MR) is 97.8 cm³/mol. The van der Waals surface area contributed by atoms with Gasteiger partial charge >= 0.3 is 0 Å². The summed E-state index contributed by atoms with van der Waals surface area (Å²) in [5.41, 5.74) is 9.11. The number of benzene rings is 2. The van der Waals surface area contributed by atoms with Crippen LogP contribution in [-0.4, -0.2) is 22.1 Å². The largest absolute Gasteiger partial charge is 0.313 e. The molecule has 2 nitrogen and oxygen atoms in total. The first-order valence-electron chi connectivity index (χ1n) is 9.36. The van der Waals surface area contributed by atoms with Crippen LogP contribution in [0.1, 0.15) is 35.2 Å². The van der Waals surface area contributed by atoms with E-state index in [0.717, 1.165) is 25.4 Å². The smallest absolute Gasteiger partial charge is 0.0567 e. The van der Waals surface area contributed by atoms with Crippen LogP contribution < -0.4 is 0 Å². The lowest BCUT2D eigenvalue weighted by atomic mass is 9.99. The van der Waals surface area contributed by atoms with Crippen LogP contribution in [0.5, 0.6) is 0 Å². The summed E-state index contributed by atoms with van der Waals surface area (Å²) in [5.74, 6) is 0. The predicted octanol–water partition coefficient (Wildman–Crippen LogP) is 4.25. The molecule has 0 unspecified atom stereocenters. The van der Waals surface area contributed by atoms with Gasteiger partial charge in [0.1, 0.15) is 0 Å². The van der Waals surface area contributed by atoms with Gasteiger partial charge in [0.15, 0.2) is 0 Å². The highest BCUT2D eigenvalue weighted by Crippen LogP contribution is 2.40. The Labute approximate surface area is 142 Å². The average molecular weight is 314 g/mol. The fourth-order valence-corrected chi connectivity index (χ4v) is 4.92. The lowest BCUT2D eigenvalue weighted by molar-refractivity contribution is 0.243. The number of rotatable bonds is 1. The quantitative estimate of drug-likeness (QED) is 0.652. The Kier molecular flexibility index (Phi) is 2.61. The number of hydrogen-bond acceptors (Lipinski definition) is 1. The molecule has 1 fully saturated rings. The number of aromatic nitrogens is 1. The van der Waals surface area contributed by atoms with Gasteiger partial charge in [-0.05, 0) is 48.4 Å².